The van der Waals surface area contributed by atoms with Crippen molar-refractivity contribution in [2.24, 2.45) is 5.41 Å². The molecule has 0 bridgehead atoms. The molecule has 0 radical (unpaired) electrons. The third-order valence-corrected chi connectivity index (χ3v) is 4.22. The molecule has 0 unspecified atom stereocenters. The normalized spacial score (nSPS) is 23.2. The highest BCUT2D eigenvalue weighted by Crippen LogP contribution is 2.45. The number of benzene rings is 1. The van der Waals surface area contributed by atoms with E-state index in [4.69, 9.17) is 0 Å². The van der Waals surface area contributed by atoms with Crippen molar-refractivity contribution in [2.75, 3.05) is 11.9 Å². The van der Waals surface area contributed by atoms with Crippen molar-refractivity contribution in [3.63, 3.8) is 0 Å². The van der Waals surface area contributed by atoms with Gasteiger partial charge in [0.25, 0.3) is 0 Å². The van der Waals surface area contributed by atoms with Crippen molar-refractivity contribution in [1.29, 1.82) is 0 Å². The Hall–Kier alpha value is -0.980. The summed E-state index contributed by atoms with van der Waals surface area (Å²) < 4.78 is 0. The van der Waals surface area contributed by atoms with Gasteiger partial charge in [0.2, 0.25) is 0 Å². The maximum Gasteiger partial charge on any atom is 0.0372 e. The van der Waals surface area contributed by atoms with Gasteiger partial charge in [-0.2, -0.15) is 0 Å². The van der Waals surface area contributed by atoms with Crippen LogP contribution < -0.4 is 5.32 Å². The summed E-state index contributed by atoms with van der Waals surface area (Å²) in [7, 11) is 0. The third kappa shape index (κ3) is 1.64. The van der Waals surface area contributed by atoms with Crippen LogP contribution in [0.25, 0.3) is 0 Å². The second-order valence-corrected chi connectivity index (χ2v) is 5.22. The van der Waals surface area contributed by atoms with E-state index in [1.807, 2.05) is 0 Å². The summed E-state index contributed by atoms with van der Waals surface area (Å²) in [5, 5.41) is 3.58. The van der Waals surface area contributed by atoms with Crippen molar-refractivity contribution in [3.05, 3.63) is 29.8 Å². The lowest BCUT2D eigenvalue weighted by Crippen LogP contribution is -2.20. The molecule has 0 aromatic heterocycles. The van der Waals surface area contributed by atoms with Crippen molar-refractivity contribution in [2.45, 2.75) is 38.5 Å². The molecule has 2 aliphatic rings. The molecule has 80 valence electrons. The van der Waals surface area contributed by atoms with Crippen LogP contribution in [-0.4, -0.2) is 6.54 Å². The van der Waals surface area contributed by atoms with Gasteiger partial charge in [-0.25, -0.2) is 0 Å². The molecule has 1 N–H and O–H groups in total. The van der Waals surface area contributed by atoms with E-state index in [0.717, 1.165) is 6.54 Å². The zero-order chi connectivity index (χ0) is 10.1. The minimum Gasteiger partial charge on any atom is -0.385 e. The van der Waals surface area contributed by atoms with Crippen LogP contribution >= 0.6 is 0 Å². The zero-order valence-corrected chi connectivity index (χ0v) is 9.26. The smallest absolute Gasteiger partial charge is 0.0372 e. The van der Waals surface area contributed by atoms with Gasteiger partial charge in [-0.05, 0) is 42.7 Å². The van der Waals surface area contributed by atoms with Crippen LogP contribution in [0.2, 0.25) is 0 Å². The van der Waals surface area contributed by atoms with Crippen LogP contribution in [0.15, 0.2) is 24.3 Å². The Bertz CT molecular complexity index is 350. The summed E-state index contributed by atoms with van der Waals surface area (Å²) in [6, 6.07) is 8.84. The van der Waals surface area contributed by atoms with E-state index in [-0.39, 0.29) is 0 Å². The van der Waals surface area contributed by atoms with Gasteiger partial charge in [0.1, 0.15) is 0 Å². The average Bonchev–Trinajstić information content (AvgIpc) is 2.61. The number of anilines is 1. The average molecular weight is 201 g/mol. The number of hydrogen-bond acceptors (Lipinski definition) is 1. The molecule has 15 heavy (non-hydrogen) atoms. The van der Waals surface area contributed by atoms with E-state index in [9.17, 15) is 0 Å². The molecule has 1 nitrogen and oxygen atoms in total. The van der Waals surface area contributed by atoms with Crippen LogP contribution in [0.3, 0.4) is 0 Å². The molecule has 1 fully saturated rings. The van der Waals surface area contributed by atoms with Crippen LogP contribution in [0.4, 0.5) is 5.69 Å². The molecule has 0 atom stereocenters. The van der Waals surface area contributed by atoms with E-state index in [2.05, 4.69) is 29.6 Å². The van der Waals surface area contributed by atoms with Crippen LogP contribution in [0.5, 0.6) is 0 Å². The number of rotatable bonds is 0. The second kappa shape index (κ2) is 3.55. The minimum atomic E-state index is 0.638. The monoisotopic (exact) mass is 201 g/mol. The van der Waals surface area contributed by atoms with E-state index in [1.54, 1.807) is 0 Å². The lowest BCUT2D eigenvalue weighted by molar-refractivity contribution is 0.282. The first-order valence-corrected chi connectivity index (χ1v) is 6.20. The molecular formula is C14H19N. The maximum atomic E-state index is 3.58. The molecule has 1 saturated carbocycles. The lowest BCUT2D eigenvalue weighted by atomic mass is 9.78. The first-order valence-electron chi connectivity index (χ1n) is 6.20. The zero-order valence-electron chi connectivity index (χ0n) is 9.26. The Morgan fingerprint density at radius 2 is 1.80 bits per heavy atom. The lowest BCUT2D eigenvalue weighted by Gasteiger charge is -2.26. The van der Waals surface area contributed by atoms with Gasteiger partial charge in [-0.15, -0.1) is 0 Å². The van der Waals surface area contributed by atoms with Crippen LogP contribution in [0.1, 0.15) is 37.7 Å². The second-order valence-electron chi connectivity index (χ2n) is 5.22. The Balaban J connectivity index is 1.94. The van der Waals surface area contributed by atoms with E-state index in [0.29, 0.717) is 5.41 Å². The number of nitrogens with one attached hydrogen (secondary N) is 1. The highest BCUT2D eigenvalue weighted by Gasteiger charge is 2.35. The van der Waals surface area contributed by atoms with Gasteiger partial charge in [0.05, 0.1) is 0 Å². The van der Waals surface area contributed by atoms with E-state index in [1.165, 1.54) is 49.8 Å². The van der Waals surface area contributed by atoms with Gasteiger partial charge >= 0.3 is 0 Å². The van der Waals surface area contributed by atoms with E-state index < -0.39 is 0 Å². The van der Waals surface area contributed by atoms with Crippen molar-refractivity contribution < 1.29 is 0 Å². The summed E-state index contributed by atoms with van der Waals surface area (Å²) in [4.78, 5) is 0. The van der Waals surface area contributed by atoms with Crippen molar-refractivity contribution in [1.82, 2.24) is 0 Å². The first kappa shape index (κ1) is 9.26. The van der Waals surface area contributed by atoms with Gasteiger partial charge in [0.15, 0.2) is 0 Å². The molecular weight excluding hydrogens is 182 g/mol. The predicted octanol–water partition coefficient (Wildman–Crippen LogP) is 3.61. The SMILES string of the molecule is c1ccc2c(c1)CC1(CCCC1)CCN2. The minimum absolute atomic E-state index is 0.638. The molecule has 1 heterocycles. The van der Waals surface area contributed by atoms with Gasteiger partial charge in [0, 0.05) is 12.2 Å². The standard InChI is InChI=1S/C14H19N/c1-2-6-13-12(5-1)11-14(9-10-15-13)7-3-4-8-14/h1-2,5-6,15H,3-4,7-11H2. The van der Waals surface area contributed by atoms with Crippen molar-refractivity contribution in [3.8, 4) is 0 Å². The molecule has 0 saturated heterocycles. The van der Waals surface area contributed by atoms with Gasteiger partial charge in [-0.3, -0.25) is 0 Å². The molecule has 0 amide bonds. The molecule has 1 heteroatoms. The third-order valence-electron chi connectivity index (χ3n) is 4.22. The summed E-state index contributed by atoms with van der Waals surface area (Å²) >= 11 is 0. The molecule has 1 aromatic carbocycles. The summed E-state index contributed by atoms with van der Waals surface area (Å²) in [6.07, 6.45) is 8.45. The molecule has 1 aromatic rings. The fourth-order valence-corrected chi connectivity index (χ4v) is 3.35. The molecule has 1 aliphatic carbocycles. The first-order chi connectivity index (χ1) is 7.38. The number of para-hydroxylation sites is 1. The largest absolute Gasteiger partial charge is 0.385 e. The fraction of sp³-hybridized carbons (Fsp3) is 0.571. The van der Waals surface area contributed by atoms with Crippen LogP contribution in [-0.2, 0) is 6.42 Å². The summed E-state index contributed by atoms with van der Waals surface area (Å²) in [5.41, 5.74) is 3.55. The Labute approximate surface area is 91.9 Å². The summed E-state index contributed by atoms with van der Waals surface area (Å²) in [6.45, 7) is 1.16. The fourth-order valence-electron chi connectivity index (χ4n) is 3.35. The molecule has 1 spiro atoms. The van der Waals surface area contributed by atoms with Gasteiger partial charge in [-0.1, -0.05) is 31.0 Å². The van der Waals surface area contributed by atoms with Crippen LogP contribution in [0, 0.1) is 5.41 Å². The maximum absolute atomic E-state index is 3.58. The quantitative estimate of drug-likeness (QED) is 0.676. The Morgan fingerprint density at radius 1 is 1.00 bits per heavy atom. The van der Waals surface area contributed by atoms with E-state index >= 15 is 0 Å². The van der Waals surface area contributed by atoms with Crippen molar-refractivity contribution >= 4 is 5.69 Å². The Kier molecular flexibility index (Phi) is 2.19. The Morgan fingerprint density at radius 3 is 2.67 bits per heavy atom. The molecule has 3 rings (SSSR count). The number of fused-ring (bicyclic) bond motifs is 1. The topological polar surface area (TPSA) is 12.0 Å². The highest BCUT2D eigenvalue weighted by molar-refractivity contribution is 5.52. The summed E-state index contributed by atoms with van der Waals surface area (Å²) in [5.74, 6) is 0. The highest BCUT2D eigenvalue weighted by atomic mass is 14.9. The van der Waals surface area contributed by atoms with Gasteiger partial charge < -0.3 is 5.32 Å². The molecule has 1 aliphatic heterocycles. The predicted molar refractivity (Wildman–Crippen MR) is 64.2 cm³/mol. The number of hydrogen-bond donors (Lipinski definition) is 1.